The van der Waals surface area contributed by atoms with E-state index in [1.165, 1.54) is 10.9 Å². The molecule has 5 heterocycles. The average molecular weight is 434 g/mol. The van der Waals surface area contributed by atoms with Crippen molar-refractivity contribution in [3.63, 3.8) is 0 Å². The van der Waals surface area contributed by atoms with Gasteiger partial charge in [0, 0.05) is 54.6 Å². The van der Waals surface area contributed by atoms with Crippen molar-refractivity contribution < 1.29 is 0 Å². The summed E-state index contributed by atoms with van der Waals surface area (Å²) in [5, 5.41) is 1.14. The predicted molar refractivity (Wildman–Crippen MR) is 124 cm³/mol. The van der Waals surface area contributed by atoms with Crippen LogP contribution in [-0.2, 0) is 6.42 Å². The second kappa shape index (κ2) is 8.07. The molecule has 158 valence electrons. The molecule has 0 amide bonds. The summed E-state index contributed by atoms with van der Waals surface area (Å²) >= 11 is 1.70. The number of piperazine rings is 1. The van der Waals surface area contributed by atoms with E-state index < -0.39 is 0 Å². The Bertz CT molecular complexity index is 1270. The first-order valence-corrected chi connectivity index (χ1v) is 11.2. The Morgan fingerprint density at radius 2 is 1.87 bits per heavy atom. The van der Waals surface area contributed by atoms with Crippen LogP contribution in [0.1, 0.15) is 17.5 Å². The predicted octanol–water partition coefficient (Wildman–Crippen LogP) is 3.03. The molecule has 0 bridgehead atoms. The number of aromatic nitrogens is 5. The lowest BCUT2D eigenvalue weighted by Gasteiger charge is -2.36. The van der Waals surface area contributed by atoms with E-state index in [-0.39, 0.29) is 5.56 Å². The quantitative estimate of drug-likeness (QED) is 0.529. The fourth-order valence-corrected chi connectivity index (χ4v) is 4.74. The largest absolute Gasteiger partial charge is 0.353 e. The summed E-state index contributed by atoms with van der Waals surface area (Å²) in [6, 6.07) is 7.67. The Morgan fingerprint density at radius 3 is 2.61 bits per heavy atom. The van der Waals surface area contributed by atoms with E-state index >= 15 is 0 Å². The topological polar surface area (TPSA) is 90.9 Å². The van der Waals surface area contributed by atoms with Crippen molar-refractivity contribution in [1.82, 2.24) is 24.9 Å². The number of pyridine rings is 1. The number of aryl methyl sites for hydroxylation is 2. The third-order valence-corrected chi connectivity index (χ3v) is 6.47. The van der Waals surface area contributed by atoms with Crippen molar-refractivity contribution in [2.24, 2.45) is 0 Å². The maximum absolute atomic E-state index is 11.9. The number of aromatic amines is 1. The summed E-state index contributed by atoms with van der Waals surface area (Å²) in [6.07, 6.45) is 4.16. The van der Waals surface area contributed by atoms with Gasteiger partial charge in [-0.1, -0.05) is 6.92 Å². The number of anilines is 2. The Kier molecular flexibility index (Phi) is 5.11. The molecule has 0 spiro atoms. The highest BCUT2D eigenvalue weighted by Gasteiger charge is 2.21. The zero-order valence-corrected chi connectivity index (χ0v) is 18.3. The fourth-order valence-electron chi connectivity index (χ4n) is 3.90. The molecule has 4 aromatic heterocycles. The van der Waals surface area contributed by atoms with Gasteiger partial charge in [0.1, 0.15) is 28.6 Å². The van der Waals surface area contributed by atoms with Crippen LogP contribution in [0.25, 0.3) is 21.6 Å². The van der Waals surface area contributed by atoms with Crippen molar-refractivity contribution in [3.05, 3.63) is 57.7 Å². The van der Waals surface area contributed by atoms with Crippen LogP contribution in [0.5, 0.6) is 0 Å². The molecule has 1 saturated heterocycles. The first-order valence-electron chi connectivity index (χ1n) is 10.4. The lowest BCUT2D eigenvalue weighted by atomic mass is 10.2. The number of hydrogen-bond donors (Lipinski definition) is 1. The van der Waals surface area contributed by atoms with Gasteiger partial charge in [0.05, 0.1) is 5.39 Å². The highest BCUT2D eigenvalue weighted by atomic mass is 32.1. The number of hydrogen-bond acceptors (Lipinski definition) is 8. The average Bonchev–Trinajstić information content (AvgIpc) is 3.19. The molecule has 1 aliphatic rings. The maximum atomic E-state index is 11.9. The number of rotatable bonds is 4. The van der Waals surface area contributed by atoms with Gasteiger partial charge in [-0.05, 0) is 31.5 Å². The van der Waals surface area contributed by atoms with E-state index in [0.29, 0.717) is 5.82 Å². The summed E-state index contributed by atoms with van der Waals surface area (Å²) in [4.78, 5) is 39.6. The number of nitrogens with zero attached hydrogens (tertiary/aromatic N) is 6. The summed E-state index contributed by atoms with van der Waals surface area (Å²) in [6.45, 7) is 7.56. The molecule has 1 aliphatic heterocycles. The van der Waals surface area contributed by atoms with Gasteiger partial charge in [-0.25, -0.2) is 19.9 Å². The van der Waals surface area contributed by atoms with Gasteiger partial charge in [-0.3, -0.25) is 4.79 Å². The van der Waals surface area contributed by atoms with E-state index in [4.69, 9.17) is 0 Å². The third kappa shape index (κ3) is 3.88. The van der Waals surface area contributed by atoms with Gasteiger partial charge < -0.3 is 14.8 Å². The highest BCUT2D eigenvalue weighted by Crippen LogP contribution is 2.30. The zero-order chi connectivity index (χ0) is 21.4. The molecule has 9 heteroatoms. The van der Waals surface area contributed by atoms with E-state index in [2.05, 4.69) is 47.7 Å². The van der Waals surface area contributed by atoms with Crippen molar-refractivity contribution in [3.8, 4) is 11.4 Å². The molecular weight excluding hydrogens is 410 g/mol. The standard InChI is InChI=1S/C22H23N7OS/c1-3-16-11-19(30)27-20(26-16)15-4-5-18(23-12-15)28-6-8-29(9-7-28)21-17-10-14(2)31-22(17)25-13-24-21/h4-5,10-13H,3,6-9H2,1-2H3,(H,26,27,30). The van der Waals surface area contributed by atoms with Crippen LogP contribution in [0.2, 0.25) is 0 Å². The first kappa shape index (κ1) is 19.6. The molecule has 1 fully saturated rings. The first-order chi connectivity index (χ1) is 15.1. The Morgan fingerprint density at radius 1 is 1.06 bits per heavy atom. The van der Waals surface area contributed by atoms with Crippen LogP contribution < -0.4 is 15.4 Å². The molecule has 0 radical (unpaired) electrons. The fraction of sp³-hybridized carbons (Fsp3) is 0.318. The van der Waals surface area contributed by atoms with Gasteiger partial charge in [-0.15, -0.1) is 11.3 Å². The van der Waals surface area contributed by atoms with Crippen LogP contribution in [0.3, 0.4) is 0 Å². The third-order valence-electron chi connectivity index (χ3n) is 5.51. The molecule has 4 aromatic rings. The summed E-state index contributed by atoms with van der Waals surface area (Å²) < 4.78 is 0. The van der Waals surface area contributed by atoms with Gasteiger partial charge >= 0.3 is 0 Å². The number of thiophene rings is 1. The van der Waals surface area contributed by atoms with Crippen molar-refractivity contribution in [2.45, 2.75) is 20.3 Å². The summed E-state index contributed by atoms with van der Waals surface area (Å²) in [5.41, 5.74) is 1.45. The minimum absolute atomic E-state index is 0.137. The molecular formula is C22H23N7OS. The molecule has 8 nitrogen and oxygen atoms in total. The Hall–Kier alpha value is -3.33. The molecule has 5 rings (SSSR count). The molecule has 0 saturated carbocycles. The molecule has 0 aliphatic carbocycles. The molecule has 31 heavy (non-hydrogen) atoms. The summed E-state index contributed by atoms with van der Waals surface area (Å²) in [7, 11) is 0. The maximum Gasteiger partial charge on any atom is 0.251 e. The van der Waals surface area contributed by atoms with E-state index in [1.807, 2.05) is 19.1 Å². The molecule has 0 aromatic carbocycles. The van der Waals surface area contributed by atoms with Crippen molar-refractivity contribution >= 4 is 33.2 Å². The lowest BCUT2D eigenvalue weighted by Crippen LogP contribution is -2.47. The monoisotopic (exact) mass is 433 g/mol. The lowest BCUT2D eigenvalue weighted by molar-refractivity contribution is 0.643. The van der Waals surface area contributed by atoms with Crippen LogP contribution in [0.4, 0.5) is 11.6 Å². The molecule has 1 N–H and O–H groups in total. The molecule has 0 unspecified atom stereocenters. The van der Waals surface area contributed by atoms with Gasteiger partial charge in [0.25, 0.3) is 5.56 Å². The van der Waals surface area contributed by atoms with Crippen LogP contribution >= 0.6 is 11.3 Å². The number of nitrogens with one attached hydrogen (secondary N) is 1. The van der Waals surface area contributed by atoms with Crippen molar-refractivity contribution in [2.75, 3.05) is 36.0 Å². The van der Waals surface area contributed by atoms with Crippen molar-refractivity contribution in [1.29, 1.82) is 0 Å². The summed E-state index contributed by atoms with van der Waals surface area (Å²) in [5.74, 6) is 2.51. The van der Waals surface area contributed by atoms with Gasteiger partial charge in [0.2, 0.25) is 0 Å². The van der Waals surface area contributed by atoms with E-state index in [1.54, 1.807) is 23.9 Å². The zero-order valence-electron chi connectivity index (χ0n) is 17.5. The molecule has 0 atom stereocenters. The normalized spacial score (nSPS) is 14.4. The Balaban J connectivity index is 1.31. The number of fused-ring (bicyclic) bond motifs is 1. The van der Waals surface area contributed by atoms with Crippen LogP contribution in [0, 0.1) is 6.92 Å². The van der Waals surface area contributed by atoms with Crippen LogP contribution in [0.15, 0.2) is 41.6 Å². The highest BCUT2D eigenvalue weighted by molar-refractivity contribution is 7.18. The van der Waals surface area contributed by atoms with E-state index in [0.717, 1.165) is 65.7 Å². The minimum atomic E-state index is -0.137. The second-order valence-corrected chi connectivity index (χ2v) is 8.83. The van der Waals surface area contributed by atoms with E-state index in [9.17, 15) is 4.79 Å². The second-order valence-electron chi connectivity index (χ2n) is 7.59. The number of H-pyrrole nitrogens is 1. The SMILES string of the molecule is CCc1cc(=O)[nH]c(-c2ccc(N3CCN(c4ncnc5sc(C)cc45)CC3)nc2)n1. The minimum Gasteiger partial charge on any atom is -0.353 e. The Labute approximate surface area is 183 Å². The van der Waals surface area contributed by atoms with Gasteiger partial charge in [-0.2, -0.15) is 0 Å². The smallest absolute Gasteiger partial charge is 0.251 e. The van der Waals surface area contributed by atoms with Crippen LogP contribution in [-0.4, -0.2) is 51.1 Å². The van der Waals surface area contributed by atoms with Gasteiger partial charge in [0.15, 0.2) is 0 Å².